The zero-order valence-corrected chi connectivity index (χ0v) is 15.5. The molecule has 1 aliphatic carbocycles. The monoisotopic (exact) mass is 388 g/mol. The van der Waals surface area contributed by atoms with Crippen LogP contribution in [0.2, 0.25) is 0 Å². The number of ether oxygens (including phenoxy) is 1. The smallest absolute Gasteiger partial charge is 0.348 e. The molecule has 0 aliphatic heterocycles. The Hall–Kier alpha value is -2.74. The second-order valence-electron chi connectivity index (χ2n) is 6.37. The van der Waals surface area contributed by atoms with E-state index in [2.05, 4.69) is 5.32 Å². The van der Waals surface area contributed by atoms with Gasteiger partial charge in [-0.05, 0) is 43.4 Å². The number of esters is 1. The number of nitro benzene ring substituents is 1. The Labute approximate surface area is 160 Å². The van der Waals surface area contributed by atoms with E-state index in [1.807, 2.05) is 6.07 Å². The SMILES string of the molecule is O=C(COC(=O)c1cc2c(s1)CCCCCC2)Nc1ccccc1[N+](=O)[O-]. The Kier molecular flexibility index (Phi) is 6.18. The maximum Gasteiger partial charge on any atom is 0.348 e. The van der Waals surface area contributed by atoms with Crippen molar-refractivity contribution in [3.8, 4) is 0 Å². The van der Waals surface area contributed by atoms with E-state index in [-0.39, 0.29) is 11.4 Å². The number of amides is 1. The van der Waals surface area contributed by atoms with Crippen LogP contribution in [0.5, 0.6) is 0 Å². The lowest BCUT2D eigenvalue weighted by Gasteiger charge is -2.07. The summed E-state index contributed by atoms with van der Waals surface area (Å²) in [6, 6.07) is 7.68. The molecule has 27 heavy (non-hydrogen) atoms. The second-order valence-corrected chi connectivity index (χ2v) is 7.51. The Morgan fingerprint density at radius 1 is 1.15 bits per heavy atom. The minimum absolute atomic E-state index is 0.0719. The van der Waals surface area contributed by atoms with Crippen molar-refractivity contribution < 1.29 is 19.2 Å². The third kappa shape index (κ3) is 4.91. The topological polar surface area (TPSA) is 98.5 Å². The lowest BCUT2D eigenvalue weighted by atomic mass is 10.00. The molecule has 0 saturated carbocycles. The molecular formula is C19H20N2O5S. The maximum absolute atomic E-state index is 12.3. The summed E-state index contributed by atoms with van der Waals surface area (Å²) in [7, 11) is 0. The molecule has 7 nitrogen and oxygen atoms in total. The molecule has 1 heterocycles. The van der Waals surface area contributed by atoms with Gasteiger partial charge in [0, 0.05) is 10.9 Å². The van der Waals surface area contributed by atoms with Crippen LogP contribution in [0, 0.1) is 10.1 Å². The average molecular weight is 388 g/mol. The third-order valence-corrected chi connectivity index (χ3v) is 5.62. The molecule has 0 bridgehead atoms. The highest BCUT2D eigenvalue weighted by atomic mass is 32.1. The lowest BCUT2D eigenvalue weighted by molar-refractivity contribution is -0.383. The summed E-state index contributed by atoms with van der Waals surface area (Å²) in [5, 5.41) is 13.4. The number of aryl methyl sites for hydroxylation is 2. The number of para-hydroxylation sites is 2. The summed E-state index contributed by atoms with van der Waals surface area (Å²) in [6.45, 7) is -0.493. The van der Waals surface area contributed by atoms with Gasteiger partial charge in [0.2, 0.25) is 0 Å². The number of thiophene rings is 1. The van der Waals surface area contributed by atoms with Crippen LogP contribution in [-0.2, 0) is 22.4 Å². The molecule has 0 fully saturated rings. The van der Waals surface area contributed by atoms with Crippen LogP contribution < -0.4 is 5.32 Å². The van der Waals surface area contributed by atoms with Gasteiger partial charge in [-0.2, -0.15) is 0 Å². The number of nitro groups is 1. The predicted octanol–water partition coefficient (Wildman–Crippen LogP) is 4.11. The number of benzene rings is 1. The molecule has 1 amide bonds. The van der Waals surface area contributed by atoms with Crippen molar-refractivity contribution in [1.82, 2.24) is 0 Å². The zero-order chi connectivity index (χ0) is 19.2. The normalized spacial score (nSPS) is 13.8. The van der Waals surface area contributed by atoms with Crippen LogP contribution in [0.4, 0.5) is 11.4 Å². The summed E-state index contributed by atoms with van der Waals surface area (Å²) in [4.78, 5) is 36.4. The summed E-state index contributed by atoms with van der Waals surface area (Å²) in [5.41, 5.74) is 1.06. The third-order valence-electron chi connectivity index (χ3n) is 4.41. The van der Waals surface area contributed by atoms with Gasteiger partial charge in [0.25, 0.3) is 11.6 Å². The van der Waals surface area contributed by atoms with Gasteiger partial charge >= 0.3 is 5.97 Å². The van der Waals surface area contributed by atoms with E-state index < -0.39 is 23.4 Å². The number of nitrogens with one attached hydrogen (secondary N) is 1. The molecule has 3 rings (SSSR count). The summed E-state index contributed by atoms with van der Waals surface area (Å²) in [5.74, 6) is -1.16. The van der Waals surface area contributed by atoms with Crippen molar-refractivity contribution in [2.75, 3.05) is 11.9 Å². The summed E-state index contributed by atoms with van der Waals surface area (Å²) in [6.07, 6.45) is 6.61. The second kappa shape index (κ2) is 8.77. The molecule has 0 unspecified atom stereocenters. The number of hydrogen-bond acceptors (Lipinski definition) is 6. The van der Waals surface area contributed by atoms with Crippen molar-refractivity contribution in [3.63, 3.8) is 0 Å². The number of carbonyl (C=O) groups excluding carboxylic acids is 2. The molecule has 1 aliphatic rings. The predicted molar refractivity (Wildman–Crippen MR) is 102 cm³/mol. The molecular weight excluding hydrogens is 368 g/mol. The summed E-state index contributed by atoms with van der Waals surface area (Å²) < 4.78 is 5.09. The molecule has 8 heteroatoms. The Balaban J connectivity index is 1.58. The lowest BCUT2D eigenvalue weighted by Crippen LogP contribution is -2.21. The van der Waals surface area contributed by atoms with E-state index in [0.29, 0.717) is 4.88 Å². The molecule has 0 spiro atoms. The van der Waals surface area contributed by atoms with Gasteiger partial charge in [-0.25, -0.2) is 4.79 Å². The van der Waals surface area contributed by atoms with Crippen molar-refractivity contribution >= 4 is 34.6 Å². The number of anilines is 1. The van der Waals surface area contributed by atoms with Crippen LogP contribution in [-0.4, -0.2) is 23.4 Å². The highest BCUT2D eigenvalue weighted by Crippen LogP contribution is 2.29. The first kappa shape index (κ1) is 19.0. The minimum atomic E-state index is -0.618. The fraction of sp³-hybridized carbons (Fsp3) is 0.368. The minimum Gasteiger partial charge on any atom is -0.451 e. The highest BCUT2D eigenvalue weighted by Gasteiger charge is 2.19. The first-order chi connectivity index (χ1) is 13.0. The van der Waals surface area contributed by atoms with Crippen molar-refractivity contribution in [2.24, 2.45) is 0 Å². The maximum atomic E-state index is 12.3. The number of rotatable bonds is 5. The van der Waals surface area contributed by atoms with E-state index in [1.165, 1.54) is 52.8 Å². The van der Waals surface area contributed by atoms with Crippen LogP contribution >= 0.6 is 11.3 Å². The van der Waals surface area contributed by atoms with Gasteiger partial charge in [0.15, 0.2) is 6.61 Å². The van der Waals surface area contributed by atoms with Crippen molar-refractivity contribution in [3.05, 3.63) is 55.8 Å². The van der Waals surface area contributed by atoms with Gasteiger partial charge in [0.1, 0.15) is 10.6 Å². The molecule has 0 radical (unpaired) electrons. The van der Waals surface area contributed by atoms with Crippen LogP contribution in [0.1, 0.15) is 45.8 Å². The Morgan fingerprint density at radius 3 is 2.67 bits per heavy atom. The van der Waals surface area contributed by atoms with E-state index in [9.17, 15) is 19.7 Å². The molecule has 0 atom stereocenters. The zero-order valence-electron chi connectivity index (χ0n) is 14.7. The van der Waals surface area contributed by atoms with Crippen LogP contribution in [0.25, 0.3) is 0 Å². The van der Waals surface area contributed by atoms with Crippen molar-refractivity contribution in [1.29, 1.82) is 0 Å². The molecule has 1 aromatic heterocycles. The number of carbonyl (C=O) groups is 2. The standard InChI is InChI=1S/C19H20N2O5S/c22-18(20-14-8-5-6-9-15(14)21(24)25)12-26-19(23)17-11-13-7-3-1-2-4-10-16(13)27-17/h5-6,8-9,11H,1-4,7,10,12H2,(H,20,22). The van der Waals surface area contributed by atoms with Crippen molar-refractivity contribution in [2.45, 2.75) is 38.5 Å². The fourth-order valence-electron chi connectivity index (χ4n) is 3.07. The van der Waals surface area contributed by atoms with E-state index in [0.717, 1.165) is 25.7 Å². The Bertz CT molecular complexity index is 836. The van der Waals surface area contributed by atoms with E-state index >= 15 is 0 Å². The van der Waals surface area contributed by atoms with Gasteiger partial charge in [-0.15, -0.1) is 11.3 Å². The van der Waals surface area contributed by atoms with E-state index in [1.54, 1.807) is 6.07 Å². The average Bonchev–Trinajstić information content (AvgIpc) is 3.02. The van der Waals surface area contributed by atoms with Gasteiger partial charge < -0.3 is 10.1 Å². The van der Waals surface area contributed by atoms with Crippen LogP contribution in [0.3, 0.4) is 0 Å². The highest BCUT2D eigenvalue weighted by molar-refractivity contribution is 7.14. The fourth-order valence-corrected chi connectivity index (χ4v) is 4.22. The molecule has 0 saturated heterocycles. The summed E-state index contributed by atoms with van der Waals surface area (Å²) >= 11 is 1.43. The molecule has 2 aromatic rings. The molecule has 1 aromatic carbocycles. The van der Waals surface area contributed by atoms with Gasteiger partial charge in [-0.3, -0.25) is 14.9 Å². The number of hydrogen-bond donors (Lipinski definition) is 1. The van der Waals surface area contributed by atoms with Gasteiger partial charge in [0.05, 0.1) is 4.92 Å². The van der Waals surface area contributed by atoms with Gasteiger partial charge in [-0.1, -0.05) is 25.0 Å². The molecule has 142 valence electrons. The number of nitrogens with zero attached hydrogens (tertiary/aromatic N) is 1. The molecule has 1 N–H and O–H groups in total. The Morgan fingerprint density at radius 2 is 1.89 bits per heavy atom. The van der Waals surface area contributed by atoms with Crippen LogP contribution in [0.15, 0.2) is 30.3 Å². The quantitative estimate of drug-likeness (QED) is 0.472. The van der Waals surface area contributed by atoms with E-state index in [4.69, 9.17) is 4.74 Å². The largest absolute Gasteiger partial charge is 0.451 e. The number of fused-ring (bicyclic) bond motifs is 1. The first-order valence-corrected chi connectivity index (χ1v) is 9.68. The first-order valence-electron chi connectivity index (χ1n) is 8.86.